The number of benzene rings is 2. The molecule has 2 saturated heterocycles. The second kappa shape index (κ2) is 11.3. The van der Waals surface area contributed by atoms with Gasteiger partial charge >= 0.3 is 0 Å². The minimum absolute atomic E-state index is 0.0115. The van der Waals surface area contributed by atoms with E-state index in [0.29, 0.717) is 25.8 Å². The van der Waals surface area contributed by atoms with Gasteiger partial charge in [-0.2, -0.15) is 4.31 Å². The average molecular weight is 597 g/mol. The molecule has 6 rings (SSSR count). The van der Waals surface area contributed by atoms with E-state index >= 15 is 0 Å². The highest BCUT2D eigenvalue weighted by Crippen LogP contribution is 2.37. The van der Waals surface area contributed by atoms with Crippen LogP contribution in [0.4, 0.5) is 0 Å². The van der Waals surface area contributed by atoms with Crippen molar-refractivity contribution in [1.82, 2.24) is 19.5 Å². The Balaban J connectivity index is 1.30. The van der Waals surface area contributed by atoms with Gasteiger partial charge in [-0.05, 0) is 48.2 Å². The molecule has 1 aromatic heterocycles. The number of halogens is 1. The summed E-state index contributed by atoms with van der Waals surface area (Å²) in [6, 6.07) is 15.5. The fourth-order valence-corrected chi connectivity index (χ4v) is 8.05. The topological polar surface area (TPSA) is 112 Å². The smallest absolute Gasteiger partial charge is 0.247 e. The summed E-state index contributed by atoms with van der Waals surface area (Å²) in [6.45, 7) is 2.27. The van der Waals surface area contributed by atoms with Crippen molar-refractivity contribution in [3.8, 4) is 16.9 Å². The lowest BCUT2D eigenvalue weighted by Gasteiger charge is -2.43. The molecule has 1 amide bonds. The SMILES string of the molecule is O=C1NC2(CCOc3cc(-c4cccnc4)ccc3S(=O)(=O)N3C[C@H](O)C[C@@H]13)CCN(Cc1ccccc1Cl)CC2. The van der Waals surface area contributed by atoms with Crippen LogP contribution in [0.25, 0.3) is 11.1 Å². The van der Waals surface area contributed by atoms with Crippen LogP contribution < -0.4 is 10.1 Å². The molecule has 4 heterocycles. The molecule has 0 bridgehead atoms. The molecule has 0 aliphatic carbocycles. The predicted molar refractivity (Wildman–Crippen MR) is 155 cm³/mol. The van der Waals surface area contributed by atoms with E-state index in [0.717, 1.165) is 39.1 Å². The molecule has 0 radical (unpaired) electrons. The molecule has 0 saturated carbocycles. The Labute approximate surface area is 245 Å². The van der Waals surface area contributed by atoms with Crippen molar-refractivity contribution in [1.29, 1.82) is 0 Å². The average Bonchev–Trinajstić information content (AvgIpc) is 3.38. The molecular weight excluding hydrogens is 564 g/mol. The normalized spacial score (nSPS) is 24.5. The van der Waals surface area contributed by atoms with Gasteiger partial charge in [0.2, 0.25) is 15.9 Å². The van der Waals surface area contributed by atoms with Crippen LogP contribution in [0.1, 0.15) is 31.2 Å². The summed E-state index contributed by atoms with van der Waals surface area (Å²) < 4.78 is 35.2. The van der Waals surface area contributed by atoms with Crippen LogP contribution >= 0.6 is 11.6 Å². The van der Waals surface area contributed by atoms with Gasteiger partial charge in [-0.3, -0.25) is 14.7 Å². The van der Waals surface area contributed by atoms with Crippen molar-refractivity contribution in [3.05, 3.63) is 77.6 Å². The fraction of sp³-hybridized carbons (Fsp3) is 0.400. The number of ether oxygens (including phenoxy) is 1. The number of sulfonamides is 1. The molecule has 2 aromatic carbocycles. The summed E-state index contributed by atoms with van der Waals surface area (Å²) in [7, 11) is -4.14. The maximum atomic E-state index is 13.9. The molecule has 2 fully saturated rings. The highest BCUT2D eigenvalue weighted by molar-refractivity contribution is 7.89. The van der Waals surface area contributed by atoms with Crippen LogP contribution in [0, 0.1) is 0 Å². The molecule has 1 spiro atoms. The number of piperidine rings is 1. The third-order valence-corrected chi connectivity index (χ3v) is 10.7. The monoisotopic (exact) mass is 596 g/mol. The van der Waals surface area contributed by atoms with Gasteiger partial charge in [0.25, 0.3) is 0 Å². The van der Waals surface area contributed by atoms with E-state index in [4.69, 9.17) is 16.3 Å². The maximum absolute atomic E-state index is 13.9. The third-order valence-electron chi connectivity index (χ3n) is 8.45. The number of pyridine rings is 1. The zero-order chi connectivity index (χ0) is 28.6. The number of nitrogens with zero attached hydrogens (tertiary/aromatic N) is 3. The second-order valence-corrected chi connectivity index (χ2v) is 13.4. The molecule has 3 aliphatic heterocycles. The first-order valence-corrected chi connectivity index (χ1v) is 15.7. The number of rotatable bonds is 3. The van der Waals surface area contributed by atoms with Crippen LogP contribution in [0.2, 0.25) is 5.02 Å². The Morgan fingerprint density at radius 1 is 1.07 bits per heavy atom. The second-order valence-electron chi connectivity index (χ2n) is 11.1. The molecule has 3 aromatic rings. The number of hydrogen-bond donors (Lipinski definition) is 2. The summed E-state index contributed by atoms with van der Waals surface area (Å²) in [4.78, 5) is 20.2. The third kappa shape index (κ3) is 5.72. The zero-order valence-electron chi connectivity index (χ0n) is 22.6. The lowest BCUT2D eigenvalue weighted by molar-refractivity contribution is -0.127. The number of aliphatic hydroxyl groups is 1. The minimum Gasteiger partial charge on any atom is -0.492 e. The molecule has 2 atom stereocenters. The van der Waals surface area contributed by atoms with E-state index in [1.165, 1.54) is 6.07 Å². The maximum Gasteiger partial charge on any atom is 0.247 e. The van der Waals surface area contributed by atoms with Gasteiger partial charge in [-0.1, -0.05) is 41.9 Å². The van der Waals surface area contributed by atoms with Crippen molar-refractivity contribution in [2.24, 2.45) is 0 Å². The Hall–Kier alpha value is -3.02. The quantitative estimate of drug-likeness (QED) is 0.476. The van der Waals surface area contributed by atoms with Gasteiger partial charge in [0, 0.05) is 67.5 Å². The number of carbonyl (C=O) groups excluding carboxylic acids is 1. The summed E-state index contributed by atoms with van der Waals surface area (Å²) >= 11 is 6.39. The van der Waals surface area contributed by atoms with Crippen molar-refractivity contribution in [3.63, 3.8) is 0 Å². The van der Waals surface area contributed by atoms with Crippen molar-refractivity contribution < 1.29 is 23.1 Å². The van der Waals surface area contributed by atoms with E-state index < -0.39 is 27.7 Å². The number of hydrogen-bond acceptors (Lipinski definition) is 7. The van der Waals surface area contributed by atoms with Crippen LogP contribution in [0.5, 0.6) is 5.75 Å². The number of carbonyl (C=O) groups is 1. The van der Waals surface area contributed by atoms with E-state index in [2.05, 4.69) is 15.2 Å². The van der Waals surface area contributed by atoms with Crippen LogP contribution in [0.3, 0.4) is 0 Å². The highest BCUT2D eigenvalue weighted by atomic mass is 35.5. The van der Waals surface area contributed by atoms with Gasteiger partial charge in [-0.25, -0.2) is 8.42 Å². The Bertz CT molecular complexity index is 1530. The molecular formula is C30H33ClN4O5S. The number of nitrogens with one attached hydrogen (secondary N) is 1. The number of fused-ring (bicyclic) bond motifs is 2. The highest BCUT2D eigenvalue weighted by Gasteiger charge is 2.47. The lowest BCUT2D eigenvalue weighted by Crippen LogP contribution is -2.59. The Morgan fingerprint density at radius 3 is 2.63 bits per heavy atom. The van der Waals surface area contributed by atoms with Gasteiger partial charge in [0.15, 0.2) is 0 Å². The standard InChI is InChI=1S/C30H33ClN4O5S/c31-25-6-2-1-4-23(25)19-34-13-9-30(10-14-34)11-15-40-27-16-21(22-5-3-12-32-18-22)7-8-28(27)41(38,39)35-20-24(36)17-26(35)29(37)33-30/h1-8,12,16,18,24,26,36H,9-11,13-15,17,19-20H2,(H,33,37)/t24-,26+/m1/s1. The Kier molecular flexibility index (Phi) is 7.78. The van der Waals surface area contributed by atoms with E-state index in [-0.39, 0.29) is 36.1 Å². The first kappa shape index (κ1) is 28.1. The first-order valence-electron chi connectivity index (χ1n) is 13.9. The first-order chi connectivity index (χ1) is 19.7. The molecule has 216 valence electrons. The minimum atomic E-state index is -4.14. The van der Waals surface area contributed by atoms with Crippen molar-refractivity contribution >= 4 is 27.5 Å². The van der Waals surface area contributed by atoms with Crippen LogP contribution in [0.15, 0.2) is 71.9 Å². The predicted octanol–water partition coefficient (Wildman–Crippen LogP) is 3.46. The largest absolute Gasteiger partial charge is 0.492 e. The van der Waals surface area contributed by atoms with E-state index in [1.807, 2.05) is 36.4 Å². The number of aromatic nitrogens is 1. The van der Waals surface area contributed by atoms with E-state index in [1.54, 1.807) is 24.5 Å². The van der Waals surface area contributed by atoms with Crippen molar-refractivity contribution in [2.45, 2.75) is 54.8 Å². The molecule has 11 heteroatoms. The number of aliphatic hydroxyl groups excluding tert-OH is 1. The summed E-state index contributed by atoms with van der Waals surface area (Å²) in [5.41, 5.74) is 2.10. The van der Waals surface area contributed by atoms with Gasteiger partial charge in [0.05, 0.1) is 12.7 Å². The van der Waals surface area contributed by atoms with Gasteiger partial charge in [-0.15, -0.1) is 0 Å². The Morgan fingerprint density at radius 2 is 1.88 bits per heavy atom. The molecule has 2 N–H and O–H groups in total. The van der Waals surface area contributed by atoms with Crippen LogP contribution in [-0.4, -0.2) is 77.5 Å². The zero-order valence-corrected chi connectivity index (χ0v) is 24.2. The summed E-state index contributed by atoms with van der Waals surface area (Å²) in [5, 5.41) is 14.4. The van der Waals surface area contributed by atoms with Crippen molar-refractivity contribution in [2.75, 3.05) is 26.2 Å². The molecule has 41 heavy (non-hydrogen) atoms. The molecule has 9 nitrogen and oxygen atoms in total. The van der Waals surface area contributed by atoms with E-state index in [9.17, 15) is 18.3 Å². The fourth-order valence-electron chi connectivity index (χ4n) is 6.11. The summed E-state index contributed by atoms with van der Waals surface area (Å²) in [5.74, 6) is -0.146. The summed E-state index contributed by atoms with van der Waals surface area (Å²) in [6.07, 6.45) is 4.37. The lowest BCUT2D eigenvalue weighted by atomic mass is 9.84. The number of amides is 1. The number of likely N-dealkylation sites (tertiary alicyclic amines) is 1. The van der Waals surface area contributed by atoms with Crippen LogP contribution in [-0.2, 0) is 21.4 Å². The molecule has 3 aliphatic rings. The molecule has 0 unspecified atom stereocenters. The van der Waals surface area contributed by atoms with Gasteiger partial charge in [0.1, 0.15) is 16.7 Å². The van der Waals surface area contributed by atoms with Gasteiger partial charge < -0.3 is 15.2 Å².